The minimum atomic E-state index is -0.916. The summed E-state index contributed by atoms with van der Waals surface area (Å²) in [5.41, 5.74) is -0.442. The van der Waals surface area contributed by atoms with Crippen LogP contribution in [0.3, 0.4) is 0 Å². The Balaban J connectivity index is 0.000000161. The molecule has 0 aromatic carbocycles. The third kappa shape index (κ3) is 2.48. The number of aliphatic imine (C=N–C) groups is 2. The number of hydrogen-bond donors (Lipinski definition) is 0. The van der Waals surface area contributed by atoms with Crippen molar-refractivity contribution in [3.8, 4) is 0 Å². The maximum absolute atomic E-state index is 11.7. The van der Waals surface area contributed by atoms with E-state index < -0.39 is 5.66 Å². The average Bonchev–Trinajstić information content (AvgIpc) is 3.26. The molecular weight excluding hydrogens is 368 g/mol. The lowest BCUT2D eigenvalue weighted by Crippen LogP contribution is -2.64. The molecule has 3 amide bonds. The predicted octanol–water partition coefficient (Wildman–Crippen LogP) is -1.32. The maximum Gasteiger partial charge on any atom is 0.332 e. The number of nitrogens with zero attached hydrogens (tertiary/aromatic N) is 8. The van der Waals surface area contributed by atoms with E-state index >= 15 is 0 Å². The lowest BCUT2D eigenvalue weighted by Gasteiger charge is -2.40. The Bertz CT molecular complexity index is 1180. The van der Waals surface area contributed by atoms with Gasteiger partial charge in [0, 0.05) is 35.2 Å². The van der Waals surface area contributed by atoms with Gasteiger partial charge in [-0.3, -0.25) is 28.5 Å². The second-order valence-corrected chi connectivity index (χ2v) is 6.68. The van der Waals surface area contributed by atoms with Crippen LogP contribution < -0.4 is 11.2 Å². The van der Waals surface area contributed by atoms with Gasteiger partial charge in [-0.05, 0) is 6.92 Å². The van der Waals surface area contributed by atoms with Gasteiger partial charge in [0.05, 0.1) is 6.33 Å². The van der Waals surface area contributed by atoms with E-state index in [1.807, 2.05) is 0 Å². The standard InChI is InChI=1S/2C8H10N4O2/c1-8-5(9-4-10-8)6(13)11(2)7(14)12(8)3;1-10-4-9-6-5(10)7(13)12(3)8(14)11(6)2/h2*4H,1-3H3. The van der Waals surface area contributed by atoms with Crippen molar-refractivity contribution in [3.63, 3.8) is 0 Å². The van der Waals surface area contributed by atoms with Gasteiger partial charge in [0.1, 0.15) is 6.34 Å². The Kier molecular flexibility index (Phi) is 4.29. The van der Waals surface area contributed by atoms with Gasteiger partial charge in [-0.2, -0.15) is 0 Å². The first-order valence-electron chi connectivity index (χ1n) is 8.27. The van der Waals surface area contributed by atoms with Crippen molar-refractivity contribution < 1.29 is 9.59 Å². The summed E-state index contributed by atoms with van der Waals surface area (Å²) >= 11 is 0. The minimum Gasteiger partial charge on any atom is -0.328 e. The summed E-state index contributed by atoms with van der Waals surface area (Å²) < 4.78 is 4.04. The normalized spacial score (nSPS) is 21.0. The smallest absolute Gasteiger partial charge is 0.328 e. The minimum absolute atomic E-state index is 0.294. The number of fused-ring (bicyclic) bond motifs is 2. The van der Waals surface area contributed by atoms with Crippen molar-refractivity contribution in [2.24, 2.45) is 31.1 Å². The van der Waals surface area contributed by atoms with E-state index in [2.05, 4.69) is 15.0 Å². The molecule has 1 fully saturated rings. The summed E-state index contributed by atoms with van der Waals surface area (Å²) in [4.78, 5) is 60.7. The van der Waals surface area contributed by atoms with Crippen LogP contribution in [0.5, 0.6) is 0 Å². The lowest BCUT2D eigenvalue weighted by molar-refractivity contribution is -0.122. The summed E-state index contributed by atoms with van der Waals surface area (Å²) in [5.74, 6) is -0.381. The van der Waals surface area contributed by atoms with Gasteiger partial charge in [-0.15, -0.1) is 0 Å². The van der Waals surface area contributed by atoms with Crippen molar-refractivity contribution in [1.82, 2.24) is 28.5 Å². The largest absolute Gasteiger partial charge is 0.332 e. The molecule has 0 aliphatic carbocycles. The summed E-state index contributed by atoms with van der Waals surface area (Å²) in [6.45, 7) is 1.69. The van der Waals surface area contributed by atoms with Crippen molar-refractivity contribution in [2.75, 3.05) is 14.1 Å². The van der Waals surface area contributed by atoms with E-state index in [1.54, 1.807) is 32.6 Å². The fourth-order valence-corrected chi connectivity index (χ4v) is 3.01. The monoisotopic (exact) mass is 388 g/mol. The Morgan fingerprint density at radius 1 is 0.964 bits per heavy atom. The van der Waals surface area contributed by atoms with Crippen molar-refractivity contribution in [3.05, 3.63) is 27.2 Å². The number of aromatic nitrogens is 4. The van der Waals surface area contributed by atoms with Crippen molar-refractivity contribution in [1.29, 1.82) is 0 Å². The fraction of sp³-hybridized carbons (Fsp3) is 0.438. The Hall–Kier alpha value is -3.57. The van der Waals surface area contributed by atoms with Crippen LogP contribution in [0.1, 0.15) is 6.92 Å². The first-order valence-corrected chi connectivity index (χ1v) is 8.27. The second-order valence-electron chi connectivity index (χ2n) is 6.68. The molecule has 2 aliphatic heterocycles. The third-order valence-corrected chi connectivity index (χ3v) is 5.00. The number of amides is 3. The molecule has 12 heteroatoms. The third-order valence-electron chi connectivity index (χ3n) is 5.00. The predicted molar refractivity (Wildman–Crippen MR) is 101 cm³/mol. The molecule has 4 heterocycles. The lowest BCUT2D eigenvalue weighted by atomic mass is 10.0. The molecule has 2 aliphatic rings. The number of carbonyl (C=O) groups excluding carboxylic acids is 2. The van der Waals surface area contributed by atoms with Crippen LogP contribution in [0.2, 0.25) is 0 Å². The summed E-state index contributed by atoms with van der Waals surface area (Å²) in [5, 5.41) is 0. The Morgan fingerprint density at radius 3 is 2.25 bits per heavy atom. The molecule has 2 aromatic heterocycles. The summed E-state index contributed by atoms with van der Waals surface area (Å²) in [6.07, 6.45) is 2.84. The number of hydrogen-bond acceptors (Lipinski definition) is 7. The number of rotatable bonds is 0. The molecular formula is C16H20N8O4. The van der Waals surface area contributed by atoms with Gasteiger partial charge in [0.15, 0.2) is 22.5 Å². The maximum atomic E-state index is 11.7. The van der Waals surface area contributed by atoms with E-state index in [0.717, 1.165) is 9.47 Å². The molecule has 28 heavy (non-hydrogen) atoms. The van der Waals surface area contributed by atoms with Gasteiger partial charge in [-0.25, -0.2) is 24.6 Å². The number of urea groups is 1. The molecule has 0 N–H and O–H groups in total. The van der Waals surface area contributed by atoms with Crippen LogP contribution in [-0.2, 0) is 25.9 Å². The fourth-order valence-electron chi connectivity index (χ4n) is 3.01. The molecule has 0 saturated carbocycles. The molecule has 0 spiro atoms. The molecule has 1 unspecified atom stereocenters. The van der Waals surface area contributed by atoms with Crippen LogP contribution in [0, 0.1) is 0 Å². The van der Waals surface area contributed by atoms with Crippen molar-refractivity contribution in [2.45, 2.75) is 12.6 Å². The highest BCUT2D eigenvalue weighted by Crippen LogP contribution is 2.27. The number of carbonyl (C=O) groups is 2. The topological polar surface area (TPSA) is 127 Å². The molecule has 1 atom stereocenters. The van der Waals surface area contributed by atoms with Crippen LogP contribution in [0.15, 0.2) is 25.9 Å². The van der Waals surface area contributed by atoms with Gasteiger partial charge in [0.25, 0.3) is 11.5 Å². The Labute approximate surface area is 159 Å². The van der Waals surface area contributed by atoms with Crippen molar-refractivity contribution >= 4 is 35.2 Å². The van der Waals surface area contributed by atoms with Crippen LogP contribution in [0.25, 0.3) is 11.2 Å². The molecule has 12 nitrogen and oxygen atoms in total. The van der Waals surface area contributed by atoms with E-state index in [-0.39, 0.29) is 23.2 Å². The van der Waals surface area contributed by atoms with Gasteiger partial charge >= 0.3 is 11.7 Å². The highest BCUT2D eigenvalue weighted by molar-refractivity contribution is 6.47. The molecule has 148 valence electrons. The van der Waals surface area contributed by atoms with E-state index in [0.29, 0.717) is 16.9 Å². The van der Waals surface area contributed by atoms with Crippen LogP contribution in [-0.4, -0.2) is 72.2 Å². The first-order chi connectivity index (χ1) is 13.0. The number of aryl methyl sites for hydroxylation is 2. The van der Waals surface area contributed by atoms with Gasteiger partial charge in [0.2, 0.25) is 0 Å². The SMILES string of the molecule is CN1C(=O)C2=NC=NC2(C)N(C)C1=O.Cn1c(=O)c2c(ncn2C)n(C)c1=O. The van der Waals surface area contributed by atoms with Gasteiger partial charge < -0.3 is 4.57 Å². The van der Waals surface area contributed by atoms with E-state index in [4.69, 9.17) is 0 Å². The average molecular weight is 388 g/mol. The number of imide groups is 1. The van der Waals surface area contributed by atoms with Crippen LogP contribution in [0.4, 0.5) is 4.79 Å². The van der Waals surface area contributed by atoms with Crippen LogP contribution >= 0.6 is 0 Å². The zero-order valence-corrected chi connectivity index (χ0v) is 16.4. The molecule has 1 saturated heterocycles. The Morgan fingerprint density at radius 2 is 1.61 bits per heavy atom. The summed E-state index contributed by atoms with van der Waals surface area (Å²) in [6, 6.07) is -0.365. The van der Waals surface area contributed by atoms with E-state index in [1.165, 1.54) is 36.2 Å². The highest BCUT2D eigenvalue weighted by atomic mass is 16.2. The zero-order valence-electron chi connectivity index (χ0n) is 16.4. The molecule has 0 radical (unpaired) electrons. The molecule has 4 rings (SSSR count). The number of imidazole rings is 1. The summed E-state index contributed by atoms with van der Waals surface area (Å²) in [7, 11) is 7.81. The second kappa shape index (κ2) is 6.25. The quantitative estimate of drug-likeness (QED) is 0.553. The molecule has 0 bridgehead atoms. The molecule has 2 aromatic rings. The highest BCUT2D eigenvalue weighted by Gasteiger charge is 2.50. The zero-order chi connectivity index (χ0) is 21.0. The van der Waals surface area contributed by atoms with E-state index in [9.17, 15) is 19.2 Å². The van der Waals surface area contributed by atoms with Gasteiger partial charge in [-0.1, -0.05) is 0 Å². The first kappa shape index (κ1) is 19.2.